The average molecular weight is 416 g/mol. The molecule has 0 amide bonds. The fourth-order valence-electron chi connectivity index (χ4n) is 2.40. The van der Waals surface area contributed by atoms with Crippen LogP contribution in [-0.2, 0) is 22.7 Å². The number of benzene rings is 2. The highest BCUT2D eigenvalue weighted by atomic mass is 35.5. The molecule has 0 aliphatic rings. The molecule has 142 valence electrons. The summed E-state index contributed by atoms with van der Waals surface area (Å²) >= 11 is 5.58. The van der Waals surface area contributed by atoms with Crippen LogP contribution < -0.4 is 4.72 Å². The van der Waals surface area contributed by atoms with Gasteiger partial charge in [-0.3, -0.25) is 0 Å². The number of hydrogen-bond donors (Lipinski definition) is 1. The Kier molecular flexibility index (Phi) is 5.27. The van der Waals surface area contributed by atoms with E-state index in [9.17, 15) is 21.6 Å². The van der Waals surface area contributed by atoms with Gasteiger partial charge >= 0.3 is 6.18 Å². The fourth-order valence-corrected chi connectivity index (χ4v) is 3.80. The number of nitrogens with zero attached hydrogens (tertiary/aromatic N) is 2. The molecule has 3 aromatic rings. The standard InChI is InChI=1S/C17H13ClF3N3O2S/c18-13-4-7-16(15(10-13)17(19,20)21)27(25,26)23-11-12-2-5-14(6-3-12)24-9-1-8-22-24/h1-10,23H,11H2. The van der Waals surface area contributed by atoms with E-state index in [0.29, 0.717) is 11.6 Å². The maximum Gasteiger partial charge on any atom is 0.417 e. The summed E-state index contributed by atoms with van der Waals surface area (Å²) in [6.07, 6.45) is -1.48. The van der Waals surface area contributed by atoms with E-state index >= 15 is 0 Å². The highest BCUT2D eigenvalue weighted by Gasteiger charge is 2.37. The monoisotopic (exact) mass is 415 g/mol. The Bertz CT molecular complexity index is 1030. The molecule has 0 aliphatic carbocycles. The minimum atomic E-state index is -4.85. The molecule has 10 heteroatoms. The number of aromatic nitrogens is 2. The van der Waals surface area contributed by atoms with Crippen molar-refractivity contribution in [3.63, 3.8) is 0 Å². The zero-order valence-corrected chi connectivity index (χ0v) is 15.2. The predicted molar refractivity (Wildman–Crippen MR) is 94.0 cm³/mol. The molecule has 0 spiro atoms. The van der Waals surface area contributed by atoms with Crippen molar-refractivity contribution in [3.8, 4) is 5.69 Å². The van der Waals surface area contributed by atoms with Crippen molar-refractivity contribution in [2.24, 2.45) is 0 Å². The Morgan fingerprint density at radius 2 is 1.81 bits per heavy atom. The lowest BCUT2D eigenvalue weighted by atomic mass is 10.2. The van der Waals surface area contributed by atoms with Gasteiger partial charge in [0.15, 0.2) is 0 Å². The van der Waals surface area contributed by atoms with Crippen LogP contribution in [0, 0.1) is 0 Å². The molecule has 3 rings (SSSR count). The van der Waals surface area contributed by atoms with Crippen LogP contribution >= 0.6 is 11.6 Å². The molecule has 0 atom stereocenters. The Morgan fingerprint density at radius 1 is 1.11 bits per heavy atom. The Hall–Kier alpha value is -2.36. The molecule has 0 saturated carbocycles. The first-order chi connectivity index (χ1) is 12.7. The van der Waals surface area contributed by atoms with Gasteiger partial charge in [-0.1, -0.05) is 23.7 Å². The highest BCUT2D eigenvalue weighted by molar-refractivity contribution is 7.89. The number of rotatable bonds is 5. The number of hydrogen-bond acceptors (Lipinski definition) is 3. The van der Waals surface area contributed by atoms with Gasteiger partial charge in [0, 0.05) is 24.0 Å². The molecule has 0 aliphatic heterocycles. The number of nitrogens with one attached hydrogen (secondary N) is 1. The van der Waals surface area contributed by atoms with Crippen molar-refractivity contribution >= 4 is 21.6 Å². The SMILES string of the molecule is O=S(=O)(NCc1ccc(-n2cccn2)cc1)c1ccc(Cl)cc1C(F)(F)F. The van der Waals surface area contributed by atoms with Crippen LogP contribution in [0.3, 0.4) is 0 Å². The lowest BCUT2D eigenvalue weighted by Crippen LogP contribution is -2.26. The first-order valence-electron chi connectivity index (χ1n) is 7.62. The molecular weight excluding hydrogens is 403 g/mol. The second-order valence-corrected chi connectivity index (χ2v) is 7.75. The normalized spacial score (nSPS) is 12.3. The molecule has 0 bridgehead atoms. The molecule has 27 heavy (non-hydrogen) atoms. The molecule has 1 heterocycles. The zero-order chi connectivity index (χ0) is 19.7. The van der Waals surface area contributed by atoms with E-state index in [1.165, 1.54) is 0 Å². The summed E-state index contributed by atoms with van der Waals surface area (Å²) in [5.41, 5.74) is 0.0391. The van der Waals surface area contributed by atoms with Gasteiger partial charge in [0.05, 0.1) is 16.1 Å². The van der Waals surface area contributed by atoms with E-state index in [1.807, 2.05) is 0 Å². The summed E-state index contributed by atoms with van der Waals surface area (Å²) in [5.74, 6) is 0. The van der Waals surface area contributed by atoms with Gasteiger partial charge in [-0.05, 0) is 42.0 Å². The maximum absolute atomic E-state index is 13.1. The van der Waals surface area contributed by atoms with E-state index in [4.69, 9.17) is 11.6 Å². The number of alkyl halides is 3. The minimum Gasteiger partial charge on any atom is -0.241 e. The Morgan fingerprint density at radius 3 is 2.41 bits per heavy atom. The fraction of sp³-hybridized carbons (Fsp3) is 0.118. The van der Waals surface area contributed by atoms with Gasteiger partial charge in [-0.2, -0.15) is 18.3 Å². The third-order valence-electron chi connectivity index (χ3n) is 3.71. The lowest BCUT2D eigenvalue weighted by molar-refractivity contribution is -0.139. The topological polar surface area (TPSA) is 64.0 Å². The lowest BCUT2D eigenvalue weighted by Gasteiger charge is -2.14. The van der Waals surface area contributed by atoms with E-state index in [2.05, 4.69) is 9.82 Å². The highest BCUT2D eigenvalue weighted by Crippen LogP contribution is 2.35. The van der Waals surface area contributed by atoms with E-state index in [0.717, 1.165) is 17.8 Å². The van der Waals surface area contributed by atoms with E-state index in [1.54, 1.807) is 47.4 Å². The van der Waals surface area contributed by atoms with Gasteiger partial charge in [0.2, 0.25) is 10.0 Å². The Labute approximate surface area is 158 Å². The molecule has 1 N–H and O–H groups in total. The van der Waals surface area contributed by atoms with Crippen molar-refractivity contribution in [2.45, 2.75) is 17.6 Å². The zero-order valence-electron chi connectivity index (χ0n) is 13.6. The summed E-state index contributed by atoms with van der Waals surface area (Å²) in [6.45, 7) is -0.165. The average Bonchev–Trinajstić information content (AvgIpc) is 3.14. The molecule has 0 fully saturated rings. The molecule has 5 nitrogen and oxygen atoms in total. The van der Waals surface area contributed by atoms with E-state index in [-0.39, 0.29) is 11.6 Å². The van der Waals surface area contributed by atoms with Crippen molar-refractivity contribution in [3.05, 3.63) is 77.1 Å². The van der Waals surface area contributed by atoms with Gasteiger partial charge in [0.25, 0.3) is 0 Å². The summed E-state index contributed by atoms with van der Waals surface area (Å²) in [6, 6.07) is 11.1. The van der Waals surface area contributed by atoms with Gasteiger partial charge in [0.1, 0.15) is 0 Å². The quantitative estimate of drug-likeness (QED) is 0.684. The maximum atomic E-state index is 13.1. The third-order valence-corrected chi connectivity index (χ3v) is 5.40. The first kappa shape index (κ1) is 19.4. The molecule has 0 unspecified atom stereocenters. The summed E-state index contributed by atoms with van der Waals surface area (Å²) in [7, 11) is -4.39. The largest absolute Gasteiger partial charge is 0.417 e. The Balaban J connectivity index is 1.80. The second-order valence-electron chi connectivity index (χ2n) is 5.58. The van der Waals surface area contributed by atoms with Crippen LogP contribution in [0.4, 0.5) is 13.2 Å². The van der Waals surface area contributed by atoms with E-state index < -0.39 is 26.7 Å². The third kappa shape index (κ3) is 4.49. The van der Waals surface area contributed by atoms with Gasteiger partial charge in [-0.25, -0.2) is 17.8 Å². The molecular formula is C17H13ClF3N3O2S. The predicted octanol–water partition coefficient (Wildman–Crippen LogP) is 4.02. The van der Waals surface area contributed by atoms with Crippen molar-refractivity contribution in [1.29, 1.82) is 0 Å². The summed E-state index contributed by atoms with van der Waals surface area (Å²) in [4.78, 5) is -0.868. The summed E-state index contributed by atoms with van der Waals surface area (Å²) < 4.78 is 68.0. The van der Waals surface area contributed by atoms with Crippen LogP contribution in [0.15, 0.2) is 65.8 Å². The summed E-state index contributed by atoms with van der Waals surface area (Å²) in [5, 5.41) is 3.87. The molecule has 2 aromatic carbocycles. The van der Waals surface area contributed by atoms with Crippen LogP contribution in [-0.4, -0.2) is 18.2 Å². The van der Waals surface area contributed by atoms with Gasteiger partial charge in [-0.15, -0.1) is 0 Å². The number of sulfonamides is 1. The van der Waals surface area contributed by atoms with Crippen LogP contribution in [0.2, 0.25) is 5.02 Å². The first-order valence-corrected chi connectivity index (χ1v) is 9.48. The van der Waals surface area contributed by atoms with Crippen molar-refractivity contribution in [2.75, 3.05) is 0 Å². The molecule has 0 saturated heterocycles. The van der Waals surface area contributed by atoms with Crippen molar-refractivity contribution in [1.82, 2.24) is 14.5 Å². The van der Waals surface area contributed by atoms with Gasteiger partial charge < -0.3 is 0 Å². The number of halogens is 4. The smallest absolute Gasteiger partial charge is 0.241 e. The molecule has 1 aromatic heterocycles. The van der Waals surface area contributed by atoms with Crippen molar-refractivity contribution < 1.29 is 21.6 Å². The second kappa shape index (κ2) is 7.34. The molecule has 0 radical (unpaired) electrons. The minimum absolute atomic E-state index is 0.165. The van der Waals surface area contributed by atoms with Crippen LogP contribution in [0.25, 0.3) is 5.69 Å². The van der Waals surface area contributed by atoms with Crippen LogP contribution in [0.1, 0.15) is 11.1 Å². The van der Waals surface area contributed by atoms with Crippen LogP contribution in [0.5, 0.6) is 0 Å².